The average molecular weight is 542 g/mol. The van der Waals surface area contributed by atoms with E-state index in [0.717, 1.165) is 18.7 Å². The molecule has 1 saturated carbocycles. The van der Waals surface area contributed by atoms with E-state index in [1.165, 1.54) is 44.1 Å². The highest BCUT2D eigenvalue weighted by atomic mass is 19.4. The van der Waals surface area contributed by atoms with Crippen molar-refractivity contribution in [1.82, 2.24) is 14.7 Å². The van der Waals surface area contributed by atoms with Gasteiger partial charge in [0, 0.05) is 45.8 Å². The van der Waals surface area contributed by atoms with E-state index in [1.54, 1.807) is 0 Å². The predicted octanol–water partition coefficient (Wildman–Crippen LogP) is 6.37. The number of carbonyl (C=O) groups is 1. The molecule has 1 heterocycles. The van der Waals surface area contributed by atoms with Crippen molar-refractivity contribution < 1.29 is 31.1 Å². The summed E-state index contributed by atoms with van der Waals surface area (Å²) in [6.45, 7) is 2.55. The summed E-state index contributed by atoms with van der Waals surface area (Å²) < 4.78 is 80.0. The minimum absolute atomic E-state index is 0.101. The molecule has 4 rings (SSSR count). The first-order valence-corrected chi connectivity index (χ1v) is 13.0. The van der Waals surface area contributed by atoms with Crippen LogP contribution in [0.3, 0.4) is 0 Å². The Morgan fingerprint density at radius 3 is 1.95 bits per heavy atom. The first-order valence-electron chi connectivity index (χ1n) is 13.0. The highest BCUT2D eigenvalue weighted by molar-refractivity contribution is 5.83. The summed E-state index contributed by atoms with van der Waals surface area (Å²) in [5.41, 5.74) is -2.25. The topological polar surface area (TPSA) is 26.8 Å². The number of hydrogen-bond acceptors (Lipinski definition) is 3. The summed E-state index contributed by atoms with van der Waals surface area (Å²) in [6.07, 6.45) is -3.80. The molecular formula is C28H33F6N3O. The van der Waals surface area contributed by atoms with Gasteiger partial charge in [-0.05, 0) is 42.2 Å². The molecule has 1 amide bonds. The van der Waals surface area contributed by atoms with Crippen LogP contribution in [0.4, 0.5) is 26.3 Å². The molecule has 1 atom stereocenters. The molecule has 2 aromatic carbocycles. The van der Waals surface area contributed by atoms with Gasteiger partial charge in [-0.3, -0.25) is 14.6 Å². The third-order valence-electron chi connectivity index (χ3n) is 7.60. The molecule has 1 aliphatic heterocycles. The van der Waals surface area contributed by atoms with Crippen molar-refractivity contribution in [2.45, 2.75) is 63.1 Å². The minimum Gasteiger partial charge on any atom is -0.340 e. The number of amides is 1. The van der Waals surface area contributed by atoms with Crippen LogP contribution in [-0.2, 0) is 23.7 Å². The second-order valence-electron chi connectivity index (χ2n) is 10.3. The van der Waals surface area contributed by atoms with Crippen LogP contribution in [0, 0.1) is 0 Å². The number of hydrogen-bond donors (Lipinski definition) is 0. The lowest BCUT2D eigenvalue weighted by Gasteiger charge is -2.43. The van der Waals surface area contributed by atoms with Crippen molar-refractivity contribution in [3.8, 4) is 0 Å². The number of piperazine rings is 1. The molecule has 0 aromatic heterocycles. The fraction of sp³-hybridized carbons (Fsp3) is 0.536. The number of halogens is 6. The van der Waals surface area contributed by atoms with Gasteiger partial charge >= 0.3 is 12.4 Å². The number of carbonyl (C=O) groups excluding carboxylic acids is 1. The zero-order valence-electron chi connectivity index (χ0n) is 21.4. The van der Waals surface area contributed by atoms with Crippen LogP contribution in [0.1, 0.15) is 60.4 Å². The zero-order valence-corrected chi connectivity index (χ0v) is 21.4. The quantitative estimate of drug-likeness (QED) is 0.398. The normalized spacial score (nSPS) is 19.3. The Morgan fingerprint density at radius 2 is 1.42 bits per heavy atom. The molecule has 4 nitrogen and oxygen atoms in total. The maximum absolute atomic E-state index is 13.7. The van der Waals surface area contributed by atoms with Crippen LogP contribution in [-0.4, -0.2) is 59.9 Å². The van der Waals surface area contributed by atoms with E-state index in [9.17, 15) is 31.1 Å². The number of benzene rings is 2. The van der Waals surface area contributed by atoms with Gasteiger partial charge in [0.1, 0.15) is 6.04 Å². The number of alkyl halides is 6. The smallest absolute Gasteiger partial charge is 0.340 e. The van der Waals surface area contributed by atoms with Crippen LogP contribution in [0.5, 0.6) is 0 Å². The fourth-order valence-electron chi connectivity index (χ4n) is 5.62. The van der Waals surface area contributed by atoms with Crippen molar-refractivity contribution in [3.63, 3.8) is 0 Å². The third-order valence-corrected chi connectivity index (χ3v) is 7.60. The van der Waals surface area contributed by atoms with Gasteiger partial charge in [0.05, 0.1) is 11.1 Å². The molecule has 38 heavy (non-hydrogen) atoms. The van der Waals surface area contributed by atoms with Gasteiger partial charge in [-0.25, -0.2) is 0 Å². The Bertz CT molecular complexity index is 1040. The molecule has 0 spiro atoms. The Labute approximate surface area is 219 Å². The van der Waals surface area contributed by atoms with Crippen LogP contribution in [0.2, 0.25) is 0 Å². The van der Waals surface area contributed by atoms with Crippen molar-refractivity contribution in [2.24, 2.45) is 0 Å². The van der Waals surface area contributed by atoms with Crippen molar-refractivity contribution in [2.75, 3.05) is 33.2 Å². The third kappa shape index (κ3) is 6.88. The predicted molar refractivity (Wildman–Crippen MR) is 132 cm³/mol. The first kappa shape index (κ1) is 28.4. The Kier molecular flexibility index (Phi) is 8.72. The largest absolute Gasteiger partial charge is 0.416 e. The minimum atomic E-state index is -4.94. The summed E-state index contributed by atoms with van der Waals surface area (Å²) in [5.74, 6) is -0.367. The molecule has 2 aliphatic rings. The lowest BCUT2D eigenvalue weighted by atomic mass is 9.93. The van der Waals surface area contributed by atoms with Gasteiger partial charge in [0.15, 0.2) is 0 Å². The molecule has 1 aliphatic carbocycles. The molecule has 0 N–H and O–H groups in total. The van der Waals surface area contributed by atoms with Crippen LogP contribution in [0.25, 0.3) is 0 Å². The number of rotatable bonds is 6. The number of nitrogens with zero attached hydrogens (tertiary/aromatic N) is 3. The standard InChI is InChI=1S/C28H33F6N3O/c1-35(19-20-16-22(27(29,30)31)18-23(17-20)28(32,33)34)26(38)25(21-8-4-2-5-9-21)37-14-12-36(13-15-37)24-10-6-3-7-11-24/h2,4-5,8-9,16-18,24-25H,3,6-7,10-15,19H2,1H3. The van der Waals surface area contributed by atoms with E-state index in [0.29, 0.717) is 31.3 Å². The summed E-state index contributed by atoms with van der Waals surface area (Å²) >= 11 is 0. The van der Waals surface area contributed by atoms with E-state index in [4.69, 9.17) is 0 Å². The van der Waals surface area contributed by atoms with E-state index in [2.05, 4.69) is 9.80 Å². The highest BCUT2D eigenvalue weighted by Crippen LogP contribution is 2.37. The molecule has 0 radical (unpaired) electrons. The summed E-state index contributed by atoms with van der Waals surface area (Å²) in [6, 6.07) is 10.5. The van der Waals surface area contributed by atoms with Gasteiger partial charge in [0.2, 0.25) is 5.91 Å². The second kappa shape index (κ2) is 11.7. The molecule has 2 fully saturated rings. The van der Waals surface area contributed by atoms with Crippen LogP contribution >= 0.6 is 0 Å². The fourth-order valence-corrected chi connectivity index (χ4v) is 5.62. The Hall–Kier alpha value is -2.59. The SMILES string of the molecule is CN(Cc1cc(C(F)(F)F)cc(C(F)(F)F)c1)C(=O)C(c1ccccc1)N1CCN(C2CCCCC2)CC1. The van der Waals surface area contributed by atoms with E-state index in [-0.39, 0.29) is 24.1 Å². The first-order chi connectivity index (χ1) is 17.9. The summed E-state index contributed by atoms with van der Waals surface area (Å²) in [7, 11) is 1.42. The van der Waals surface area contributed by atoms with Crippen molar-refractivity contribution in [3.05, 3.63) is 70.8 Å². The van der Waals surface area contributed by atoms with Gasteiger partial charge in [-0.1, -0.05) is 49.6 Å². The average Bonchev–Trinajstić information content (AvgIpc) is 2.89. The van der Waals surface area contributed by atoms with Gasteiger partial charge in [-0.15, -0.1) is 0 Å². The summed E-state index contributed by atoms with van der Waals surface area (Å²) in [5, 5.41) is 0. The lowest BCUT2D eigenvalue weighted by Crippen LogP contribution is -2.53. The van der Waals surface area contributed by atoms with Crippen LogP contribution < -0.4 is 0 Å². The van der Waals surface area contributed by atoms with Crippen molar-refractivity contribution in [1.29, 1.82) is 0 Å². The Balaban J connectivity index is 1.54. The van der Waals surface area contributed by atoms with Crippen molar-refractivity contribution >= 4 is 5.91 Å². The molecule has 10 heteroatoms. The van der Waals surface area contributed by atoms with Gasteiger partial charge in [0.25, 0.3) is 0 Å². The van der Waals surface area contributed by atoms with E-state index >= 15 is 0 Å². The molecule has 0 bridgehead atoms. The highest BCUT2D eigenvalue weighted by Gasteiger charge is 2.38. The lowest BCUT2D eigenvalue weighted by molar-refractivity contribution is -0.143. The van der Waals surface area contributed by atoms with E-state index < -0.39 is 29.5 Å². The summed E-state index contributed by atoms with van der Waals surface area (Å²) in [4.78, 5) is 19.5. The van der Waals surface area contributed by atoms with E-state index in [1.807, 2.05) is 30.3 Å². The van der Waals surface area contributed by atoms with Crippen LogP contribution in [0.15, 0.2) is 48.5 Å². The molecule has 1 unspecified atom stereocenters. The maximum atomic E-state index is 13.7. The second-order valence-corrected chi connectivity index (χ2v) is 10.3. The maximum Gasteiger partial charge on any atom is 0.416 e. The van der Waals surface area contributed by atoms with Gasteiger partial charge < -0.3 is 4.90 Å². The zero-order chi connectivity index (χ0) is 27.5. The Morgan fingerprint density at radius 1 is 0.868 bits per heavy atom. The molecule has 1 saturated heterocycles. The molecule has 2 aromatic rings. The number of likely N-dealkylation sites (N-methyl/N-ethyl adjacent to an activating group) is 1. The molecular weight excluding hydrogens is 508 g/mol. The van der Waals surface area contributed by atoms with Gasteiger partial charge in [-0.2, -0.15) is 26.3 Å². The monoisotopic (exact) mass is 541 g/mol. The molecule has 208 valence electrons.